The Balaban J connectivity index is 1.36. The highest BCUT2D eigenvalue weighted by atomic mass is 16.1. The Morgan fingerprint density at radius 3 is 2.29 bits per heavy atom. The lowest BCUT2D eigenvalue weighted by atomic mass is 9.98. The van der Waals surface area contributed by atoms with Gasteiger partial charge in [0.15, 0.2) is 0 Å². The molecule has 3 aromatic rings. The molecule has 1 aliphatic heterocycles. The Kier molecular flexibility index (Phi) is 7.42. The highest BCUT2D eigenvalue weighted by Gasteiger charge is 2.23. The number of nitrogens with zero attached hydrogens (tertiary/aromatic N) is 3. The lowest BCUT2D eigenvalue weighted by Crippen LogP contribution is -2.46. The monoisotopic (exact) mass is 458 g/mol. The predicted molar refractivity (Wildman–Crippen MR) is 142 cm³/mol. The summed E-state index contributed by atoms with van der Waals surface area (Å²) in [7, 11) is 2.03. The van der Waals surface area contributed by atoms with E-state index in [9.17, 15) is 4.79 Å². The summed E-state index contributed by atoms with van der Waals surface area (Å²) in [5, 5.41) is 0. The van der Waals surface area contributed by atoms with Crippen molar-refractivity contribution >= 4 is 11.6 Å². The van der Waals surface area contributed by atoms with E-state index in [2.05, 4.69) is 58.5 Å². The van der Waals surface area contributed by atoms with E-state index in [4.69, 9.17) is 5.73 Å². The molecule has 0 saturated carbocycles. The summed E-state index contributed by atoms with van der Waals surface area (Å²) in [5.74, 6) is -0.326. The average Bonchev–Trinajstić information content (AvgIpc) is 3.09. The first-order valence-electron chi connectivity index (χ1n) is 12.5. The molecule has 2 aromatic carbocycles. The van der Waals surface area contributed by atoms with Crippen molar-refractivity contribution in [2.45, 2.75) is 40.0 Å². The fraction of sp³-hybridized carbons (Fsp3) is 0.414. The standard InChI is InChI=1S/C29H38N4O/c1-21-11-10-15-26(22(21)2)33-19-17-32(18-20-33)16-9-8-14-25-27(29(30)34)23(3)31(4)28(25)24-12-6-5-7-13-24/h5-7,10-13,15H,8-9,14,16-20H2,1-4H3,(H2,30,34). The van der Waals surface area contributed by atoms with Gasteiger partial charge in [-0.1, -0.05) is 42.5 Å². The minimum absolute atomic E-state index is 0.326. The number of benzene rings is 2. The second kappa shape index (κ2) is 10.5. The smallest absolute Gasteiger partial charge is 0.250 e. The van der Waals surface area contributed by atoms with Gasteiger partial charge in [-0.15, -0.1) is 0 Å². The molecule has 4 rings (SSSR count). The van der Waals surface area contributed by atoms with Crippen molar-refractivity contribution in [2.75, 3.05) is 37.6 Å². The summed E-state index contributed by atoms with van der Waals surface area (Å²) in [6, 6.07) is 16.9. The van der Waals surface area contributed by atoms with E-state index in [1.54, 1.807) is 0 Å². The van der Waals surface area contributed by atoms with Gasteiger partial charge in [0.25, 0.3) is 5.91 Å². The molecule has 0 radical (unpaired) electrons. The van der Waals surface area contributed by atoms with Crippen LogP contribution in [-0.4, -0.2) is 48.1 Å². The van der Waals surface area contributed by atoms with Crippen molar-refractivity contribution in [1.29, 1.82) is 0 Å². The number of unbranched alkanes of at least 4 members (excludes halogenated alkanes) is 1. The van der Waals surface area contributed by atoms with E-state index in [0.717, 1.165) is 74.5 Å². The number of nitrogens with two attached hydrogens (primary N) is 1. The summed E-state index contributed by atoms with van der Waals surface area (Å²) < 4.78 is 2.12. The topological polar surface area (TPSA) is 54.5 Å². The lowest BCUT2D eigenvalue weighted by Gasteiger charge is -2.37. The van der Waals surface area contributed by atoms with Crippen molar-refractivity contribution in [1.82, 2.24) is 9.47 Å². The van der Waals surface area contributed by atoms with E-state index in [0.29, 0.717) is 5.56 Å². The van der Waals surface area contributed by atoms with Gasteiger partial charge in [-0.3, -0.25) is 9.69 Å². The van der Waals surface area contributed by atoms with Crippen LogP contribution >= 0.6 is 0 Å². The second-order valence-electron chi connectivity index (χ2n) is 9.58. The SMILES string of the molecule is Cc1cccc(N2CCN(CCCCc3c(C(N)=O)c(C)n(C)c3-c3ccccc3)CC2)c1C. The molecule has 2 N–H and O–H groups in total. The third-order valence-corrected chi connectivity index (χ3v) is 7.52. The molecular formula is C29H38N4O. The molecule has 0 aliphatic carbocycles. The number of carbonyl (C=O) groups is 1. The van der Waals surface area contributed by atoms with Crippen LogP contribution in [0.5, 0.6) is 0 Å². The maximum absolute atomic E-state index is 12.3. The molecule has 1 saturated heterocycles. The summed E-state index contributed by atoms with van der Waals surface area (Å²) in [6.07, 6.45) is 3.03. The maximum atomic E-state index is 12.3. The third kappa shape index (κ3) is 4.90. The van der Waals surface area contributed by atoms with Crippen LogP contribution in [0.2, 0.25) is 0 Å². The Bertz CT molecular complexity index is 1140. The van der Waals surface area contributed by atoms with E-state index in [1.165, 1.54) is 16.8 Å². The van der Waals surface area contributed by atoms with Crippen molar-refractivity contribution in [3.8, 4) is 11.3 Å². The molecule has 0 spiro atoms. The van der Waals surface area contributed by atoms with Crippen LogP contribution in [0.3, 0.4) is 0 Å². The number of primary amides is 1. The molecule has 2 heterocycles. The highest BCUT2D eigenvalue weighted by Crippen LogP contribution is 2.32. The van der Waals surface area contributed by atoms with Crippen molar-refractivity contribution in [3.05, 3.63) is 76.5 Å². The van der Waals surface area contributed by atoms with Crippen molar-refractivity contribution in [2.24, 2.45) is 12.8 Å². The minimum Gasteiger partial charge on any atom is -0.369 e. The predicted octanol–water partition coefficient (Wildman–Crippen LogP) is 4.86. The fourth-order valence-corrected chi connectivity index (χ4v) is 5.34. The van der Waals surface area contributed by atoms with Gasteiger partial charge in [0, 0.05) is 44.6 Å². The average molecular weight is 459 g/mol. The number of aromatic nitrogens is 1. The zero-order chi connectivity index (χ0) is 24.2. The number of aryl methyl sites for hydroxylation is 1. The van der Waals surface area contributed by atoms with Gasteiger partial charge >= 0.3 is 0 Å². The van der Waals surface area contributed by atoms with Gasteiger partial charge in [-0.2, -0.15) is 0 Å². The second-order valence-corrected chi connectivity index (χ2v) is 9.58. The molecule has 1 amide bonds. The Hall–Kier alpha value is -3.05. The summed E-state index contributed by atoms with van der Waals surface area (Å²) in [5.41, 5.74) is 15.0. The van der Waals surface area contributed by atoms with E-state index in [-0.39, 0.29) is 5.91 Å². The first-order valence-corrected chi connectivity index (χ1v) is 12.5. The van der Waals surface area contributed by atoms with Crippen LogP contribution in [0.25, 0.3) is 11.3 Å². The van der Waals surface area contributed by atoms with E-state index >= 15 is 0 Å². The highest BCUT2D eigenvalue weighted by molar-refractivity contribution is 5.98. The van der Waals surface area contributed by atoms with Gasteiger partial charge in [0.05, 0.1) is 11.3 Å². The number of anilines is 1. The Morgan fingerprint density at radius 2 is 1.62 bits per heavy atom. The zero-order valence-electron chi connectivity index (χ0n) is 21.1. The molecule has 0 bridgehead atoms. The summed E-state index contributed by atoms with van der Waals surface area (Å²) in [6.45, 7) is 11.9. The molecule has 1 fully saturated rings. The first-order chi connectivity index (χ1) is 16.4. The number of carbonyl (C=O) groups excluding carboxylic acids is 1. The molecular weight excluding hydrogens is 420 g/mol. The van der Waals surface area contributed by atoms with Crippen LogP contribution in [-0.2, 0) is 13.5 Å². The molecule has 1 aliphatic rings. The van der Waals surface area contributed by atoms with Crippen molar-refractivity contribution in [3.63, 3.8) is 0 Å². The molecule has 34 heavy (non-hydrogen) atoms. The van der Waals surface area contributed by atoms with Gasteiger partial charge in [-0.05, 0) is 74.9 Å². The number of rotatable bonds is 8. The number of piperazine rings is 1. The van der Waals surface area contributed by atoms with Crippen LogP contribution < -0.4 is 10.6 Å². The molecule has 1 aromatic heterocycles. The molecule has 180 valence electrons. The molecule has 0 unspecified atom stereocenters. The minimum atomic E-state index is -0.326. The van der Waals surface area contributed by atoms with Gasteiger partial charge < -0.3 is 15.2 Å². The third-order valence-electron chi connectivity index (χ3n) is 7.52. The molecule has 5 heteroatoms. The molecule has 5 nitrogen and oxygen atoms in total. The summed E-state index contributed by atoms with van der Waals surface area (Å²) >= 11 is 0. The van der Waals surface area contributed by atoms with Crippen LogP contribution in [0.4, 0.5) is 5.69 Å². The number of amides is 1. The van der Waals surface area contributed by atoms with Gasteiger partial charge in [0.1, 0.15) is 0 Å². The molecule has 0 atom stereocenters. The fourth-order valence-electron chi connectivity index (χ4n) is 5.34. The largest absolute Gasteiger partial charge is 0.369 e. The Labute approximate surface area is 204 Å². The Morgan fingerprint density at radius 1 is 0.912 bits per heavy atom. The first kappa shape index (κ1) is 24.1. The summed E-state index contributed by atoms with van der Waals surface area (Å²) in [4.78, 5) is 17.4. The van der Waals surface area contributed by atoms with Crippen LogP contribution in [0.1, 0.15) is 45.6 Å². The van der Waals surface area contributed by atoms with Gasteiger partial charge in [-0.25, -0.2) is 0 Å². The zero-order valence-corrected chi connectivity index (χ0v) is 21.1. The van der Waals surface area contributed by atoms with Crippen LogP contribution in [0.15, 0.2) is 48.5 Å². The lowest BCUT2D eigenvalue weighted by molar-refractivity contribution is 0.0999. The van der Waals surface area contributed by atoms with E-state index in [1.807, 2.05) is 32.2 Å². The quantitative estimate of drug-likeness (QED) is 0.491. The maximum Gasteiger partial charge on any atom is 0.250 e. The van der Waals surface area contributed by atoms with Crippen molar-refractivity contribution < 1.29 is 4.79 Å². The van der Waals surface area contributed by atoms with E-state index < -0.39 is 0 Å². The number of hydrogen-bond donors (Lipinski definition) is 1. The normalized spacial score (nSPS) is 14.5. The van der Waals surface area contributed by atoms with Crippen LogP contribution in [0, 0.1) is 20.8 Å². The van der Waals surface area contributed by atoms with Gasteiger partial charge in [0.2, 0.25) is 0 Å². The number of hydrogen-bond acceptors (Lipinski definition) is 3.